The molecule has 0 aromatic heterocycles. The van der Waals surface area contributed by atoms with Crippen LogP contribution in [0.25, 0.3) is 11.1 Å². The van der Waals surface area contributed by atoms with E-state index in [2.05, 4.69) is 36.4 Å². The first-order valence-corrected chi connectivity index (χ1v) is 8.72. The van der Waals surface area contributed by atoms with Crippen molar-refractivity contribution in [3.63, 3.8) is 0 Å². The standard InChI is InChI=1S/C23H23NO2/c1-4-26-23-15-11-21(12-16-23)24-17(2)18-5-7-19(8-6-18)20-9-13-22(25-3)14-10-20/h5-16H,4H2,1-3H3. The van der Waals surface area contributed by atoms with E-state index in [0.29, 0.717) is 6.61 Å². The third-order valence-electron chi connectivity index (χ3n) is 4.17. The van der Waals surface area contributed by atoms with Crippen molar-refractivity contribution in [1.29, 1.82) is 0 Å². The van der Waals surface area contributed by atoms with E-state index < -0.39 is 0 Å². The molecular weight excluding hydrogens is 322 g/mol. The van der Waals surface area contributed by atoms with Gasteiger partial charge in [0.25, 0.3) is 0 Å². The van der Waals surface area contributed by atoms with Crippen molar-refractivity contribution >= 4 is 11.4 Å². The molecule has 3 aromatic carbocycles. The van der Waals surface area contributed by atoms with Gasteiger partial charge in [-0.25, -0.2) is 0 Å². The van der Waals surface area contributed by atoms with Gasteiger partial charge in [0.2, 0.25) is 0 Å². The predicted octanol–water partition coefficient (Wildman–Crippen LogP) is 5.90. The SMILES string of the molecule is CCOc1ccc(N=C(C)c2ccc(-c3ccc(OC)cc3)cc2)cc1. The maximum absolute atomic E-state index is 5.46. The molecule has 0 atom stereocenters. The second kappa shape index (κ2) is 8.34. The topological polar surface area (TPSA) is 30.8 Å². The largest absolute Gasteiger partial charge is 0.497 e. The van der Waals surface area contributed by atoms with Crippen LogP contribution in [0.1, 0.15) is 19.4 Å². The highest BCUT2D eigenvalue weighted by Crippen LogP contribution is 2.24. The molecule has 0 N–H and O–H groups in total. The molecule has 0 bridgehead atoms. The van der Waals surface area contributed by atoms with Crippen molar-refractivity contribution < 1.29 is 9.47 Å². The fraction of sp³-hybridized carbons (Fsp3) is 0.174. The molecule has 0 aliphatic carbocycles. The minimum atomic E-state index is 0.669. The lowest BCUT2D eigenvalue weighted by molar-refractivity contribution is 0.340. The van der Waals surface area contributed by atoms with Gasteiger partial charge < -0.3 is 9.47 Å². The number of rotatable bonds is 6. The molecule has 0 saturated carbocycles. The van der Waals surface area contributed by atoms with Crippen LogP contribution < -0.4 is 9.47 Å². The lowest BCUT2D eigenvalue weighted by atomic mass is 10.0. The van der Waals surface area contributed by atoms with E-state index in [-0.39, 0.29) is 0 Å². The summed E-state index contributed by atoms with van der Waals surface area (Å²) in [4.78, 5) is 4.70. The van der Waals surface area contributed by atoms with Crippen molar-refractivity contribution in [2.45, 2.75) is 13.8 Å². The minimum Gasteiger partial charge on any atom is -0.497 e. The second-order valence-electron chi connectivity index (χ2n) is 5.93. The van der Waals surface area contributed by atoms with Gasteiger partial charge in [0, 0.05) is 5.71 Å². The summed E-state index contributed by atoms with van der Waals surface area (Å²) < 4.78 is 10.7. The summed E-state index contributed by atoms with van der Waals surface area (Å²) in [5, 5.41) is 0. The highest BCUT2D eigenvalue weighted by Gasteiger charge is 2.02. The quantitative estimate of drug-likeness (QED) is 0.521. The van der Waals surface area contributed by atoms with E-state index in [1.807, 2.05) is 50.2 Å². The molecule has 0 radical (unpaired) electrons. The molecule has 3 nitrogen and oxygen atoms in total. The van der Waals surface area contributed by atoms with Crippen LogP contribution in [-0.2, 0) is 0 Å². The van der Waals surface area contributed by atoms with Gasteiger partial charge in [-0.15, -0.1) is 0 Å². The molecule has 0 saturated heterocycles. The van der Waals surface area contributed by atoms with E-state index in [1.54, 1.807) is 7.11 Å². The third kappa shape index (κ3) is 4.31. The van der Waals surface area contributed by atoms with E-state index in [9.17, 15) is 0 Å². The smallest absolute Gasteiger partial charge is 0.119 e. The highest BCUT2D eigenvalue weighted by atomic mass is 16.5. The number of ether oxygens (including phenoxy) is 2. The van der Waals surface area contributed by atoms with Gasteiger partial charge in [-0.1, -0.05) is 36.4 Å². The van der Waals surface area contributed by atoms with Gasteiger partial charge in [-0.05, 0) is 66.9 Å². The van der Waals surface area contributed by atoms with Crippen LogP contribution in [0.5, 0.6) is 11.5 Å². The van der Waals surface area contributed by atoms with Gasteiger partial charge in [-0.2, -0.15) is 0 Å². The number of aliphatic imine (C=N–C) groups is 1. The summed E-state index contributed by atoms with van der Waals surface area (Å²) >= 11 is 0. The summed E-state index contributed by atoms with van der Waals surface area (Å²) in [7, 11) is 1.68. The van der Waals surface area contributed by atoms with Gasteiger partial charge in [0.05, 0.1) is 19.4 Å². The molecular formula is C23H23NO2. The average Bonchev–Trinajstić information content (AvgIpc) is 2.70. The lowest BCUT2D eigenvalue weighted by Crippen LogP contribution is -1.94. The van der Waals surface area contributed by atoms with Crippen LogP contribution >= 0.6 is 0 Å². The van der Waals surface area contributed by atoms with Crippen molar-refractivity contribution in [2.75, 3.05) is 13.7 Å². The molecule has 132 valence electrons. The summed E-state index contributed by atoms with van der Waals surface area (Å²) in [5.74, 6) is 1.73. The summed E-state index contributed by atoms with van der Waals surface area (Å²) in [5.41, 5.74) is 5.35. The Morgan fingerprint density at radius 1 is 0.769 bits per heavy atom. The second-order valence-corrected chi connectivity index (χ2v) is 5.93. The van der Waals surface area contributed by atoms with E-state index in [4.69, 9.17) is 14.5 Å². The van der Waals surface area contributed by atoms with Gasteiger partial charge in [-0.3, -0.25) is 4.99 Å². The van der Waals surface area contributed by atoms with Crippen LogP contribution in [-0.4, -0.2) is 19.4 Å². The average molecular weight is 345 g/mol. The molecule has 0 aliphatic rings. The third-order valence-corrected chi connectivity index (χ3v) is 4.17. The molecule has 0 amide bonds. The zero-order chi connectivity index (χ0) is 18.4. The molecule has 3 heteroatoms. The highest BCUT2D eigenvalue weighted by molar-refractivity contribution is 6.00. The normalized spacial score (nSPS) is 11.3. The first kappa shape index (κ1) is 17.7. The Bertz CT molecular complexity index is 864. The number of benzene rings is 3. The summed E-state index contributed by atoms with van der Waals surface area (Å²) in [6.07, 6.45) is 0. The number of hydrogen-bond donors (Lipinski definition) is 0. The maximum atomic E-state index is 5.46. The van der Waals surface area contributed by atoms with E-state index in [1.165, 1.54) is 11.1 Å². The van der Waals surface area contributed by atoms with E-state index in [0.717, 1.165) is 28.5 Å². The molecule has 0 spiro atoms. The van der Waals surface area contributed by atoms with Crippen molar-refractivity contribution in [3.8, 4) is 22.6 Å². The Kier molecular flexibility index (Phi) is 5.69. The fourth-order valence-electron chi connectivity index (χ4n) is 2.73. The molecule has 26 heavy (non-hydrogen) atoms. The molecule has 0 fully saturated rings. The zero-order valence-electron chi connectivity index (χ0n) is 15.4. The lowest BCUT2D eigenvalue weighted by Gasteiger charge is -2.06. The monoisotopic (exact) mass is 345 g/mol. The van der Waals surface area contributed by atoms with Crippen molar-refractivity contribution in [1.82, 2.24) is 0 Å². The van der Waals surface area contributed by atoms with Crippen LogP contribution in [0.2, 0.25) is 0 Å². The van der Waals surface area contributed by atoms with E-state index >= 15 is 0 Å². The predicted molar refractivity (Wildman–Crippen MR) is 108 cm³/mol. The minimum absolute atomic E-state index is 0.669. The Labute approximate surface area is 154 Å². The molecule has 0 aliphatic heterocycles. The van der Waals surface area contributed by atoms with Gasteiger partial charge >= 0.3 is 0 Å². The number of hydrogen-bond acceptors (Lipinski definition) is 3. The van der Waals surface area contributed by atoms with Gasteiger partial charge in [0.1, 0.15) is 11.5 Å². The Hall–Kier alpha value is -3.07. The molecule has 3 rings (SSSR count). The van der Waals surface area contributed by atoms with Crippen molar-refractivity contribution in [2.24, 2.45) is 4.99 Å². The zero-order valence-corrected chi connectivity index (χ0v) is 15.4. The Morgan fingerprint density at radius 2 is 1.31 bits per heavy atom. The van der Waals surface area contributed by atoms with Gasteiger partial charge in [0.15, 0.2) is 0 Å². The van der Waals surface area contributed by atoms with Crippen LogP contribution in [0.15, 0.2) is 77.8 Å². The van der Waals surface area contributed by atoms with Crippen LogP contribution in [0.3, 0.4) is 0 Å². The summed E-state index contributed by atoms with van der Waals surface area (Å²) in [6, 6.07) is 24.4. The summed E-state index contributed by atoms with van der Waals surface area (Å²) in [6.45, 7) is 4.67. The van der Waals surface area contributed by atoms with Crippen molar-refractivity contribution in [3.05, 3.63) is 78.4 Å². The Morgan fingerprint density at radius 3 is 1.85 bits per heavy atom. The first-order chi connectivity index (χ1) is 12.7. The fourth-order valence-corrected chi connectivity index (χ4v) is 2.73. The Balaban J connectivity index is 1.76. The number of nitrogens with zero attached hydrogens (tertiary/aromatic N) is 1. The molecule has 0 unspecified atom stereocenters. The molecule has 3 aromatic rings. The molecule has 0 heterocycles. The number of methoxy groups -OCH3 is 1. The first-order valence-electron chi connectivity index (χ1n) is 8.72. The van der Waals surface area contributed by atoms with Crippen LogP contribution in [0.4, 0.5) is 5.69 Å². The maximum Gasteiger partial charge on any atom is 0.119 e. The van der Waals surface area contributed by atoms with Crippen LogP contribution in [0, 0.1) is 0 Å².